The van der Waals surface area contributed by atoms with Gasteiger partial charge >= 0.3 is 0 Å². The lowest BCUT2D eigenvalue weighted by Crippen LogP contribution is -2.40. The van der Waals surface area contributed by atoms with E-state index in [0.717, 1.165) is 17.9 Å². The van der Waals surface area contributed by atoms with Crippen LogP contribution in [-0.4, -0.2) is 42.1 Å². The standard InChI is InChI=1S/C22H30ClN3O2S/c1-22(2,3)19-14-26(13-16-8-6-7-11-25(16)4)21(29-19)24-20(27)17-12-15(23)9-10-18(17)28-5/h9-10,12,14,16H,6-8,11,13H2,1-5H3/t16-/m1/s1. The molecule has 5 nitrogen and oxygen atoms in total. The van der Waals surface area contributed by atoms with Crippen molar-refractivity contribution in [2.45, 2.75) is 58.0 Å². The SMILES string of the molecule is COc1ccc(Cl)cc1C(=O)N=c1sc(C(C)(C)C)cn1C[C@H]1CCCCN1C. The van der Waals surface area contributed by atoms with Crippen LogP contribution >= 0.6 is 22.9 Å². The molecule has 0 saturated carbocycles. The number of rotatable bonds is 4. The number of nitrogens with zero attached hydrogens (tertiary/aromatic N) is 3. The summed E-state index contributed by atoms with van der Waals surface area (Å²) in [6, 6.07) is 5.48. The molecule has 3 rings (SSSR count). The highest BCUT2D eigenvalue weighted by Gasteiger charge is 2.23. The molecule has 0 spiro atoms. The van der Waals surface area contributed by atoms with Gasteiger partial charge in [0.1, 0.15) is 5.75 Å². The van der Waals surface area contributed by atoms with Gasteiger partial charge in [0.2, 0.25) is 0 Å². The lowest BCUT2D eigenvalue weighted by Gasteiger charge is -2.32. The van der Waals surface area contributed by atoms with Crippen LogP contribution in [-0.2, 0) is 12.0 Å². The molecule has 29 heavy (non-hydrogen) atoms. The van der Waals surface area contributed by atoms with Gasteiger partial charge in [-0.3, -0.25) is 4.79 Å². The van der Waals surface area contributed by atoms with Crippen LogP contribution in [0, 0.1) is 0 Å². The number of likely N-dealkylation sites (tertiary alicyclic amines) is 1. The fourth-order valence-electron chi connectivity index (χ4n) is 3.54. The Bertz CT molecular complexity index is 942. The number of halogens is 1. The van der Waals surface area contributed by atoms with Gasteiger partial charge < -0.3 is 14.2 Å². The Hall–Kier alpha value is -1.63. The molecule has 1 amide bonds. The molecule has 2 aromatic rings. The first-order chi connectivity index (χ1) is 13.7. The Balaban J connectivity index is 2.01. The number of carbonyl (C=O) groups excluding carboxylic acids is 1. The number of carbonyl (C=O) groups is 1. The minimum atomic E-state index is -0.336. The largest absolute Gasteiger partial charge is 0.496 e. The van der Waals surface area contributed by atoms with Crippen LogP contribution < -0.4 is 9.54 Å². The van der Waals surface area contributed by atoms with E-state index in [9.17, 15) is 4.79 Å². The smallest absolute Gasteiger partial charge is 0.283 e. The molecule has 1 atom stereocenters. The number of ether oxygens (including phenoxy) is 1. The highest BCUT2D eigenvalue weighted by molar-refractivity contribution is 7.09. The molecule has 7 heteroatoms. The van der Waals surface area contributed by atoms with E-state index in [2.05, 4.69) is 48.5 Å². The first-order valence-corrected chi connectivity index (χ1v) is 11.2. The summed E-state index contributed by atoms with van der Waals surface area (Å²) >= 11 is 7.68. The fraction of sp³-hybridized carbons (Fsp3) is 0.545. The van der Waals surface area contributed by atoms with Crippen LogP contribution in [0.1, 0.15) is 55.3 Å². The average molecular weight is 436 g/mol. The van der Waals surface area contributed by atoms with Crippen molar-refractivity contribution < 1.29 is 9.53 Å². The number of piperidine rings is 1. The first kappa shape index (κ1) is 22.1. The number of likely N-dealkylation sites (N-methyl/N-ethyl adjacent to an activating group) is 1. The van der Waals surface area contributed by atoms with Gasteiger partial charge in [-0.25, -0.2) is 0 Å². The van der Waals surface area contributed by atoms with E-state index in [0.29, 0.717) is 22.4 Å². The topological polar surface area (TPSA) is 46.8 Å². The highest BCUT2D eigenvalue weighted by Crippen LogP contribution is 2.26. The molecule has 0 N–H and O–H groups in total. The zero-order valence-electron chi connectivity index (χ0n) is 17.9. The molecule has 1 fully saturated rings. The van der Waals surface area contributed by atoms with E-state index >= 15 is 0 Å². The van der Waals surface area contributed by atoms with Crippen LogP contribution in [0.4, 0.5) is 0 Å². The van der Waals surface area contributed by atoms with E-state index in [1.165, 1.54) is 24.1 Å². The summed E-state index contributed by atoms with van der Waals surface area (Å²) in [5.41, 5.74) is 0.377. The lowest BCUT2D eigenvalue weighted by molar-refractivity contribution is 0.0994. The summed E-state index contributed by atoms with van der Waals surface area (Å²) < 4.78 is 7.48. The molecule has 1 aliphatic heterocycles. The van der Waals surface area contributed by atoms with Crippen molar-refractivity contribution in [3.8, 4) is 5.75 Å². The van der Waals surface area contributed by atoms with Crippen LogP contribution in [0.25, 0.3) is 0 Å². The van der Waals surface area contributed by atoms with Gasteiger partial charge in [0.25, 0.3) is 5.91 Å². The van der Waals surface area contributed by atoms with Crippen molar-refractivity contribution in [3.05, 3.63) is 44.7 Å². The molecule has 2 heterocycles. The molecule has 0 unspecified atom stereocenters. The van der Waals surface area contributed by atoms with Gasteiger partial charge in [0.15, 0.2) is 4.80 Å². The van der Waals surface area contributed by atoms with E-state index in [-0.39, 0.29) is 11.3 Å². The molecule has 0 bridgehead atoms. The van der Waals surface area contributed by atoms with Crippen molar-refractivity contribution in [3.63, 3.8) is 0 Å². The quantitative estimate of drug-likeness (QED) is 0.697. The Morgan fingerprint density at radius 3 is 2.76 bits per heavy atom. The van der Waals surface area contributed by atoms with Crippen LogP contribution in [0.5, 0.6) is 5.75 Å². The average Bonchev–Trinajstić information content (AvgIpc) is 3.06. The predicted molar refractivity (Wildman–Crippen MR) is 119 cm³/mol. The van der Waals surface area contributed by atoms with Crippen LogP contribution in [0.2, 0.25) is 5.02 Å². The molecule has 0 aliphatic carbocycles. The molecular weight excluding hydrogens is 406 g/mol. The number of hydrogen-bond acceptors (Lipinski definition) is 4. The second-order valence-corrected chi connectivity index (χ2v) is 10.1. The molecule has 1 aromatic heterocycles. The summed E-state index contributed by atoms with van der Waals surface area (Å²) in [4.78, 5) is 21.8. The van der Waals surface area contributed by atoms with Gasteiger partial charge in [0, 0.05) is 28.7 Å². The van der Waals surface area contributed by atoms with Crippen LogP contribution in [0.3, 0.4) is 0 Å². The molecule has 1 aromatic carbocycles. The molecule has 158 valence electrons. The van der Waals surface area contributed by atoms with Gasteiger partial charge in [-0.1, -0.05) is 38.8 Å². The number of aromatic nitrogens is 1. The summed E-state index contributed by atoms with van der Waals surface area (Å²) in [6.45, 7) is 8.50. The molecule has 0 radical (unpaired) electrons. The number of hydrogen-bond donors (Lipinski definition) is 0. The molecule has 1 saturated heterocycles. The van der Waals surface area contributed by atoms with Crippen molar-refractivity contribution in [2.24, 2.45) is 4.99 Å². The van der Waals surface area contributed by atoms with Crippen molar-refractivity contribution in [1.29, 1.82) is 0 Å². The zero-order chi connectivity index (χ0) is 21.2. The summed E-state index contributed by atoms with van der Waals surface area (Å²) in [5, 5.41) is 0.489. The number of benzene rings is 1. The minimum Gasteiger partial charge on any atom is -0.496 e. The fourth-order valence-corrected chi connectivity index (χ4v) is 4.77. The Morgan fingerprint density at radius 1 is 1.34 bits per heavy atom. The Kier molecular flexibility index (Phi) is 6.87. The number of amides is 1. The first-order valence-electron chi connectivity index (χ1n) is 10.0. The molecule has 1 aliphatic rings. The highest BCUT2D eigenvalue weighted by atomic mass is 35.5. The van der Waals surface area contributed by atoms with Gasteiger partial charge in [-0.2, -0.15) is 4.99 Å². The minimum absolute atomic E-state index is 0.00452. The van der Waals surface area contributed by atoms with Crippen LogP contribution in [0.15, 0.2) is 29.4 Å². The number of methoxy groups -OCH3 is 1. The zero-order valence-corrected chi connectivity index (χ0v) is 19.4. The summed E-state index contributed by atoms with van der Waals surface area (Å²) in [6.07, 6.45) is 5.82. The normalized spacial score (nSPS) is 18.8. The van der Waals surface area contributed by atoms with Crippen molar-refractivity contribution >= 4 is 28.8 Å². The van der Waals surface area contributed by atoms with Crippen molar-refractivity contribution in [2.75, 3.05) is 20.7 Å². The maximum atomic E-state index is 13.0. The Morgan fingerprint density at radius 2 is 2.10 bits per heavy atom. The number of thiazole rings is 1. The maximum absolute atomic E-state index is 13.0. The van der Waals surface area contributed by atoms with Crippen molar-refractivity contribution in [1.82, 2.24) is 9.47 Å². The third-order valence-corrected chi connectivity index (χ3v) is 7.06. The van der Waals surface area contributed by atoms with Gasteiger partial charge in [-0.15, -0.1) is 11.3 Å². The third-order valence-electron chi connectivity index (χ3n) is 5.38. The van der Waals surface area contributed by atoms with Gasteiger partial charge in [0.05, 0.1) is 12.7 Å². The maximum Gasteiger partial charge on any atom is 0.283 e. The Labute approximate surface area is 182 Å². The monoisotopic (exact) mass is 435 g/mol. The summed E-state index contributed by atoms with van der Waals surface area (Å²) in [7, 11) is 3.72. The molecular formula is C22H30ClN3O2S. The lowest BCUT2D eigenvalue weighted by atomic mass is 9.95. The van der Waals surface area contributed by atoms with E-state index < -0.39 is 0 Å². The van der Waals surface area contributed by atoms with E-state index in [4.69, 9.17) is 16.3 Å². The van der Waals surface area contributed by atoms with Gasteiger partial charge in [-0.05, 0) is 50.0 Å². The third kappa shape index (κ3) is 5.30. The predicted octanol–water partition coefficient (Wildman–Crippen LogP) is 4.73. The van der Waals surface area contributed by atoms with E-state index in [1.807, 2.05) is 0 Å². The van der Waals surface area contributed by atoms with E-state index in [1.54, 1.807) is 36.6 Å². The second-order valence-electron chi connectivity index (χ2n) is 8.67. The second kappa shape index (κ2) is 9.02. The summed E-state index contributed by atoms with van der Waals surface area (Å²) in [5.74, 6) is 0.145.